The Labute approximate surface area is 183 Å². The topological polar surface area (TPSA) is 80.3 Å². The Bertz CT molecular complexity index is 1110. The molecule has 158 valence electrons. The minimum atomic E-state index is 0.0723. The molecule has 1 fully saturated rings. The first-order valence-electron chi connectivity index (χ1n) is 10.2. The van der Waals surface area contributed by atoms with E-state index in [4.69, 9.17) is 4.52 Å². The Morgan fingerprint density at radius 2 is 1.87 bits per heavy atom. The van der Waals surface area contributed by atoms with Gasteiger partial charge in [0.1, 0.15) is 0 Å². The molecular weight excluding hydrogens is 412 g/mol. The lowest BCUT2D eigenvalue weighted by molar-refractivity contribution is 0.0615. The third kappa shape index (κ3) is 4.57. The lowest BCUT2D eigenvalue weighted by Gasteiger charge is -2.34. The first kappa shape index (κ1) is 19.7. The van der Waals surface area contributed by atoms with Crippen LogP contribution in [0.5, 0.6) is 0 Å². The molecule has 5 rings (SSSR count). The van der Waals surface area contributed by atoms with Crippen LogP contribution in [0.15, 0.2) is 64.8 Å². The van der Waals surface area contributed by atoms with E-state index in [1.807, 2.05) is 63.6 Å². The SMILES string of the molecule is O=C(c1ccc(Cn2cccn2)cc1)N1CCN(Cc2nc(-c3cccs3)no2)CC1. The monoisotopic (exact) mass is 434 g/mol. The Morgan fingerprint density at radius 1 is 1.03 bits per heavy atom. The summed E-state index contributed by atoms with van der Waals surface area (Å²) in [6.07, 6.45) is 3.69. The maximum Gasteiger partial charge on any atom is 0.253 e. The summed E-state index contributed by atoms with van der Waals surface area (Å²) in [4.78, 5) is 22.5. The fourth-order valence-electron chi connectivity index (χ4n) is 3.64. The molecular formula is C22H22N6O2S. The van der Waals surface area contributed by atoms with Crippen molar-refractivity contribution in [3.05, 3.63) is 77.3 Å². The number of amides is 1. The Morgan fingerprint density at radius 3 is 2.58 bits per heavy atom. The first-order valence-corrected chi connectivity index (χ1v) is 11.1. The molecule has 3 aromatic heterocycles. The van der Waals surface area contributed by atoms with E-state index in [0.717, 1.165) is 29.1 Å². The predicted octanol–water partition coefficient (Wildman–Crippen LogP) is 3.00. The van der Waals surface area contributed by atoms with E-state index >= 15 is 0 Å². The van der Waals surface area contributed by atoms with Crippen molar-refractivity contribution in [2.45, 2.75) is 13.1 Å². The number of aromatic nitrogens is 4. The maximum atomic E-state index is 12.9. The van der Waals surface area contributed by atoms with Crippen molar-refractivity contribution in [1.29, 1.82) is 0 Å². The van der Waals surface area contributed by atoms with E-state index in [1.165, 1.54) is 0 Å². The standard InChI is InChI=1S/C22H22N6O2S/c29-22(18-6-4-17(5-7-18)15-28-9-2-8-23-28)27-12-10-26(11-13-27)16-20-24-21(25-30-20)19-3-1-14-31-19/h1-9,14H,10-13,15-16H2. The van der Waals surface area contributed by atoms with Crippen molar-refractivity contribution >= 4 is 17.2 Å². The van der Waals surface area contributed by atoms with Crippen molar-refractivity contribution in [1.82, 2.24) is 29.7 Å². The number of nitrogens with zero attached hydrogens (tertiary/aromatic N) is 6. The maximum absolute atomic E-state index is 12.9. The van der Waals surface area contributed by atoms with Gasteiger partial charge in [0, 0.05) is 44.1 Å². The lowest BCUT2D eigenvalue weighted by Crippen LogP contribution is -2.48. The zero-order valence-corrected chi connectivity index (χ0v) is 17.7. The van der Waals surface area contributed by atoms with Crippen LogP contribution in [0, 0.1) is 0 Å². The zero-order valence-electron chi connectivity index (χ0n) is 16.9. The molecule has 0 unspecified atom stereocenters. The van der Waals surface area contributed by atoms with Crippen molar-refractivity contribution in [3.8, 4) is 10.7 Å². The molecule has 0 aliphatic carbocycles. The average Bonchev–Trinajstić information content (AvgIpc) is 3.57. The van der Waals surface area contributed by atoms with Crippen LogP contribution in [0.1, 0.15) is 21.8 Å². The number of rotatable bonds is 6. The molecule has 8 nitrogen and oxygen atoms in total. The molecule has 0 N–H and O–H groups in total. The van der Waals surface area contributed by atoms with Crippen LogP contribution in [0.3, 0.4) is 0 Å². The summed E-state index contributed by atoms with van der Waals surface area (Å²) in [7, 11) is 0. The quantitative estimate of drug-likeness (QED) is 0.464. The molecule has 0 spiro atoms. The minimum Gasteiger partial charge on any atom is -0.338 e. The van der Waals surface area contributed by atoms with Gasteiger partial charge in [0.15, 0.2) is 0 Å². The molecule has 1 aliphatic rings. The number of benzene rings is 1. The molecule has 0 atom stereocenters. The molecule has 1 aliphatic heterocycles. The highest BCUT2D eigenvalue weighted by molar-refractivity contribution is 7.13. The number of carbonyl (C=O) groups is 1. The number of hydrogen-bond donors (Lipinski definition) is 0. The van der Waals surface area contributed by atoms with Crippen LogP contribution >= 0.6 is 11.3 Å². The number of piperazine rings is 1. The van der Waals surface area contributed by atoms with Gasteiger partial charge in [-0.2, -0.15) is 10.1 Å². The summed E-state index contributed by atoms with van der Waals surface area (Å²) in [6, 6.07) is 13.6. The third-order valence-electron chi connectivity index (χ3n) is 5.33. The summed E-state index contributed by atoms with van der Waals surface area (Å²) in [6.45, 7) is 4.21. The first-order chi connectivity index (χ1) is 15.2. The Balaban J connectivity index is 1.13. The summed E-state index contributed by atoms with van der Waals surface area (Å²) in [5.41, 5.74) is 1.83. The molecule has 1 aromatic carbocycles. The van der Waals surface area contributed by atoms with Gasteiger partial charge in [-0.25, -0.2) is 0 Å². The molecule has 1 saturated heterocycles. The molecule has 1 amide bonds. The Kier molecular flexibility index (Phi) is 5.59. The summed E-state index contributed by atoms with van der Waals surface area (Å²) >= 11 is 1.59. The van der Waals surface area contributed by atoms with Crippen molar-refractivity contribution in [2.24, 2.45) is 0 Å². The van der Waals surface area contributed by atoms with Crippen LogP contribution in [-0.4, -0.2) is 61.8 Å². The van der Waals surface area contributed by atoms with Gasteiger partial charge >= 0.3 is 0 Å². The Hall–Kier alpha value is -3.30. The van der Waals surface area contributed by atoms with Gasteiger partial charge in [-0.15, -0.1) is 11.3 Å². The summed E-state index contributed by atoms with van der Waals surface area (Å²) in [5.74, 6) is 1.31. The number of carbonyl (C=O) groups excluding carboxylic acids is 1. The molecule has 4 heterocycles. The van der Waals surface area contributed by atoms with Crippen LogP contribution in [0.25, 0.3) is 10.7 Å². The van der Waals surface area contributed by atoms with E-state index in [9.17, 15) is 4.79 Å². The summed E-state index contributed by atoms with van der Waals surface area (Å²) < 4.78 is 7.26. The van der Waals surface area contributed by atoms with E-state index in [-0.39, 0.29) is 5.91 Å². The van der Waals surface area contributed by atoms with Crippen LogP contribution in [-0.2, 0) is 13.1 Å². The second-order valence-electron chi connectivity index (χ2n) is 7.46. The van der Waals surface area contributed by atoms with Gasteiger partial charge < -0.3 is 9.42 Å². The normalized spacial score (nSPS) is 14.8. The van der Waals surface area contributed by atoms with Gasteiger partial charge in [-0.3, -0.25) is 14.4 Å². The molecule has 31 heavy (non-hydrogen) atoms. The van der Waals surface area contributed by atoms with Crippen molar-refractivity contribution < 1.29 is 9.32 Å². The van der Waals surface area contributed by atoms with Crippen molar-refractivity contribution in [3.63, 3.8) is 0 Å². The van der Waals surface area contributed by atoms with Gasteiger partial charge in [-0.1, -0.05) is 23.4 Å². The second-order valence-corrected chi connectivity index (χ2v) is 8.41. The van der Waals surface area contributed by atoms with E-state index in [1.54, 1.807) is 17.5 Å². The molecule has 9 heteroatoms. The number of thiophene rings is 1. The predicted molar refractivity (Wildman–Crippen MR) is 117 cm³/mol. The fraction of sp³-hybridized carbons (Fsp3) is 0.273. The second kappa shape index (κ2) is 8.83. The van der Waals surface area contributed by atoms with E-state index < -0.39 is 0 Å². The highest BCUT2D eigenvalue weighted by Gasteiger charge is 2.23. The highest BCUT2D eigenvalue weighted by Crippen LogP contribution is 2.22. The summed E-state index contributed by atoms with van der Waals surface area (Å²) in [5, 5.41) is 10.3. The largest absolute Gasteiger partial charge is 0.338 e. The highest BCUT2D eigenvalue weighted by atomic mass is 32.1. The van der Waals surface area contributed by atoms with Crippen LogP contribution in [0.4, 0.5) is 0 Å². The van der Waals surface area contributed by atoms with E-state index in [0.29, 0.717) is 37.9 Å². The zero-order chi connectivity index (χ0) is 21.0. The van der Waals surface area contributed by atoms with Crippen molar-refractivity contribution in [2.75, 3.05) is 26.2 Å². The van der Waals surface area contributed by atoms with E-state index in [2.05, 4.69) is 20.1 Å². The fourth-order valence-corrected chi connectivity index (χ4v) is 4.29. The lowest BCUT2D eigenvalue weighted by atomic mass is 10.1. The molecule has 0 bridgehead atoms. The molecule has 4 aromatic rings. The van der Waals surface area contributed by atoms with Crippen LogP contribution in [0.2, 0.25) is 0 Å². The van der Waals surface area contributed by atoms with Gasteiger partial charge in [0.25, 0.3) is 5.91 Å². The third-order valence-corrected chi connectivity index (χ3v) is 6.20. The molecule has 0 saturated carbocycles. The molecule has 0 radical (unpaired) electrons. The number of hydrogen-bond acceptors (Lipinski definition) is 7. The van der Waals surface area contributed by atoms with Crippen LogP contribution < -0.4 is 0 Å². The minimum absolute atomic E-state index is 0.0723. The van der Waals surface area contributed by atoms with Gasteiger partial charge in [0.05, 0.1) is 18.0 Å². The van der Waals surface area contributed by atoms with Gasteiger partial charge in [-0.05, 0) is 35.2 Å². The van der Waals surface area contributed by atoms with Gasteiger partial charge in [0.2, 0.25) is 11.7 Å². The smallest absolute Gasteiger partial charge is 0.253 e. The average molecular weight is 435 g/mol.